The zero-order chi connectivity index (χ0) is 22.1. The second-order valence-corrected chi connectivity index (χ2v) is 8.02. The zero-order valence-corrected chi connectivity index (χ0v) is 18.9. The molecule has 0 radical (unpaired) electrons. The summed E-state index contributed by atoms with van der Waals surface area (Å²) in [5.41, 5.74) is 7.57. The number of hydrogen-bond donors (Lipinski definition) is 1. The Hall–Kier alpha value is -3.35. The molecule has 1 aromatic carbocycles. The van der Waals surface area contributed by atoms with Crippen LogP contribution in [0.4, 0.5) is 10.6 Å². The molecular weight excluding hydrogens is 430 g/mol. The number of carbonyl (C=O) groups excluding carboxylic acids is 1. The number of benzene rings is 1. The number of rotatable bonds is 3. The van der Waals surface area contributed by atoms with Crippen molar-refractivity contribution in [1.29, 1.82) is 5.26 Å². The second-order valence-electron chi connectivity index (χ2n) is 8.02. The van der Waals surface area contributed by atoms with Gasteiger partial charge in [0.2, 0.25) is 0 Å². The van der Waals surface area contributed by atoms with E-state index in [1.165, 1.54) is 11.2 Å². The first-order valence-electron chi connectivity index (χ1n) is 10.2. The average Bonchev–Trinajstić information content (AvgIpc) is 3.08. The summed E-state index contributed by atoms with van der Waals surface area (Å²) >= 11 is 0. The van der Waals surface area contributed by atoms with E-state index in [1.807, 2.05) is 34.9 Å². The van der Waals surface area contributed by atoms with Crippen LogP contribution in [0.3, 0.4) is 0 Å². The lowest BCUT2D eigenvalue weighted by atomic mass is 10.1. The molecule has 0 saturated carbocycles. The Balaban J connectivity index is 0.00000289. The van der Waals surface area contributed by atoms with Crippen molar-refractivity contribution in [1.82, 2.24) is 19.0 Å². The molecule has 2 N–H and O–H groups in total. The van der Waals surface area contributed by atoms with Gasteiger partial charge in [-0.3, -0.25) is 4.79 Å². The van der Waals surface area contributed by atoms with Crippen molar-refractivity contribution < 1.29 is 4.79 Å². The Labute approximate surface area is 192 Å². The first-order valence-corrected chi connectivity index (χ1v) is 10.2. The monoisotopic (exact) mass is 455 g/mol. The molecule has 0 spiro atoms. The van der Waals surface area contributed by atoms with E-state index in [9.17, 15) is 14.9 Å². The van der Waals surface area contributed by atoms with Gasteiger partial charge in [-0.15, -0.1) is 12.4 Å². The molecule has 0 bridgehead atoms. The topological polar surface area (TPSA) is 113 Å². The van der Waals surface area contributed by atoms with Crippen LogP contribution in [0.15, 0.2) is 41.5 Å². The molecule has 1 saturated heterocycles. The van der Waals surface area contributed by atoms with Crippen LogP contribution in [-0.4, -0.2) is 58.3 Å². The number of nitrogens with two attached hydrogens (primary N) is 1. The summed E-state index contributed by atoms with van der Waals surface area (Å²) in [5.74, 6) is 0.635. The number of nitrogens with zero attached hydrogens (tertiary/aromatic N) is 6. The van der Waals surface area contributed by atoms with Crippen molar-refractivity contribution >= 4 is 35.3 Å². The molecular formula is C22H26ClN7O2. The number of nitriles is 1. The first-order chi connectivity index (χ1) is 14.9. The van der Waals surface area contributed by atoms with E-state index in [1.54, 1.807) is 14.1 Å². The van der Waals surface area contributed by atoms with Crippen molar-refractivity contribution in [3.05, 3.63) is 58.1 Å². The maximum Gasteiger partial charge on any atom is 0.331 e. The van der Waals surface area contributed by atoms with E-state index in [0.717, 1.165) is 29.5 Å². The minimum Gasteiger partial charge on any atom is -0.355 e. The van der Waals surface area contributed by atoms with E-state index in [2.05, 4.69) is 16.0 Å². The number of piperidine rings is 1. The molecule has 1 amide bonds. The highest BCUT2D eigenvalue weighted by molar-refractivity contribution is 5.91. The normalized spacial score (nSPS) is 15.8. The van der Waals surface area contributed by atoms with Crippen LogP contribution >= 0.6 is 12.4 Å². The van der Waals surface area contributed by atoms with Gasteiger partial charge in [0.25, 0.3) is 5.56 Å². The average molecular weight is 456 g/mol. The van der Waals surface area contributed by atoms with E-state index < -0.39 is 11.6 Å². The largest absolute Gasteiger partial charge is 0.355 e. The van der Waals surface area contributed by atoms with Crippen LogP contribution in [0.25, 0.3) is 11.0 Å². The minimum absolute atomic E-state index is 0. The molecule has 9 nitrogen and oxygen atoms in total. The van der Waals surface area contributed by atoms with Crippen LogP contribution in [0, 0.1) is 11.3 Å². The van der Waals surface area contributed by atoms with Gasteiger partial charge < -0.3 is 20.1 Å². The fourth-order valence-electron chi connectivity index (χ4n) is 4.12. The molecule has 10 heteroatoms. The van der Waals surface area contributed by atoms with Gasteiger partial charge in [-0.1, -0.05) is 30.3 Å². The number of anilines is 1. The summed E-state index contributed by atoms with van der Waals surface area (Å²) < 4.78 is 2.80. The highest BCUT2D eigenvalue weighted by atomic mass is 35.5. The fourth-order valence-corrected chi connectivity index (χ4v) is 4.12. The number of aromatic nitrogens is 3. The van der Waals surface area contributed by atoms with E-state index in [4.69, 9.17) is 5.73 Å². The van der Waals surface area contributed by atoms with Gasteiger partial charge in [-0.05, 0) is 18.4 Å². The lowest BCUT2D eigenvalue weighted by Gasteiger charge is -2.33. The summed E-state index contributed by atoms with van der Waals surface area (Å²) in [6, 6.07) is 11.4. The Kier molecular flexibility index (Phi) is 6.87. The van der Waals surface area contributed by atoms with Crippen LogP contribution in [0.2, 0.25) is 0 Å². The maximum atomic E-state index is 13.4. The summed E-state index contributed by atoms with van der Waals surface area (Å²) in [6.45, 7) is 1.69. The Morgan fingerprint density at radius 3 is 2.66 bits per heavy atom. The molecule has 1 unspecified atom stereocenters. The summed E-state index contributed by atoms with van der Waals surface area (Å²) in [7, 11) is 3.15. The fraction of sp³-hybridized carbons (Fsp3) is 0.364. The molecule has 3 aromatic rings. The third-order valence-electron chi connectivity index (χ3n) is 5.58. The van der Waals surface area contributed by atoms with Crippen molar-refractivity contribution in [2.45, 2.75) is 25.4 Å². The molecule has 1 fully saturated rings. The van der Waals surface area contributed by atoms with Gasteiger partial charge in [0.15, 0.2) is 0 Å². The third kappa shape index (κ3) is 4.07. The molecule has 3 heterocycles. The zero-order valence-electron chi connectivity index (χ0n) is 18.1. The van der Waals surface area contributed by atoms with Gasteiger partial charge in [-0.2, -0.15) is 5.26 Å². The molecule has 1 atom stereocenters. The molecule has 32 heavy (non-hydrogen) atoms. The molecule has 4 rings (SSSR count). The predicted octanol–water partition coefficient (Wildman–Crippen LogP) is 2.00. The third-order valence-corrected chi connectivity index (χ3v) is 5.58. The van der Waals surface area contributed by atoms with Gasteiger partial charge in [-0.25, -0.2) is 14.3 Å². The lowest BCUT2D eigenvalue weighted by molar-refractivity contribution is 0.218. The highest BCUT2D eigenvalue weighted by Gasteiger charge is 2.29. The number of amides is 1. The number of hydrogen-bond acceptors (Lipinski definition) is 6. The number of halogens is 1. The summed E-state index contributed by atoms with van der Waals surface area (Å²) in [5, 5.41) is 10.0. The molecule has 2 aromatic heterocycles. The van der Waals surface area contributed by atoms with Crippen LogP contribution in [-0.2, 0) is 6.54 Å². The second kappa shape index (κ2) is 9.42. The smallest absolute Gasteiger partial charge is 0.331 e. The first kappa shape index (κ1) is 23.3. The summed E-state index contributed by atoms with van der Waals surface area (Å²) in [4.78, 5) is 33.7. The van der Waals surface area contributed by atoms with Gasteiger partial charge in [0, 0.05) is 39.8 Å². The van der Waals surface area contributed by atoms with Crippen LogP contribution < -0.4 is 16.2 Å². The van der Waals surface area contributed by atoms with Crippen molar-refractivity contribution in [2.24, 2.45) is 5.73 Å². The standard InChI is InChI=1S/C22H25N7O2.ClH/c1-26(2)22(31)29-14-25-18-17(11-23)20(27-10-6-9-16(24)13-27)28(19(18)21(29)30)12-15-7-4-3-5-8-15;/h3-5,7-8,14,16H,6,9-10,12-13,24H2,1-2H3;1H. The Morgan fingerprint density at radius 2 is 2.03 bits per heavy atom. The lowest BCUT2D eigenvalue weighted by Crippen LogP contribution is -2.44. The van der Waals surface area contributed by atoms with Crippen molar-refractivity contribution in [2.75, 3.05) is 32.1 Å². The van der Waals surface area contributed by atoms with E-state index in [0.29, 0.717) is 30.0 Å². The van der Waals surface area contributed by atoms with E-state index >= 15 is 0 Å². The Morgan fingerprint density at radius 1 is 1.31 bits per heavy atom. The molecule has 1 aliphatic rings. The van der Waals surface area contributed by atoms with Crippen molar-refractivity contribution in [3.63, 3.8) is 0 Å². The number of fused-ring (bicyclic) bond motifs is 1. The SMILES string of the molecule is CN(C)C(=O)n1cnc2c(C#N)c(N3CCCC(N)C3)n(Cc3ccccc3)c2c1=O.Cl. The molecule has 0 aliphatic carbocycles. The van der Waals surface area contributed by atoms with Gasteiger partial charge >= 0.3 is 6.03 Å². The van der Waals surface area contributed by atoms with Crippen LogP contribution in [0.1, 0.15) is 24.0 Å². The maximum absolute atomic E-state index is 13.4. The highest BCUT2D eigenvalue weighted by Crippen LogP contribution is 2.32. The summed E-state index contributed by atoms with van der Waals surface area (Å²) in [6.07, 6.45) is 3.02. The van der Waals surface area contributed by atoms with Crippen molar-refractivity contribution in [3.8, 4) is 6.07 Å². The molecule has 168 valence electrons. The number of carbonyl (C=O) groups is 1. The van der Waals surface area contributed by atoms with Gasteiger partial charge in [0.05, 0.1) is 0 Å². The molecule has 1 aliphatic heterocycles. The van der Waals surface area contributed by atoms with Gasteiger partial charge in [0.1, 0.15) is 34.8 Å². The predicted molar refractivity (Wildman–Crippen MR) is 125 cm³/mol. The minimum atomic E-state index is -0.497. The quantitative estimate of drug-likeness (QED) is 0.646. The Bertz CT molecular complexity index is 1230. The van der Waals surface area contributed by atoms with Crippen LogP contribution in [0.5, 0.6) is 0 Å². The van der Waals surface area contributed by atoms with E-state index in [-0.39, 0.29) is 24.0 Å².